The van der Waals surface area contributed by atoms with Crippen molar-refractivity contribution in [2.75, 3.05) is 34.5 Å². The van der Waals surface area contributed by atoms with E-state index in [0.29, 0.717) is 11.5 Å². The summed E-state index contributed by atoms with van der Waals surface area (Å²) in [5.74, 6) is -1.11. The number of imide groups is 2. The second-order valence-electron chi connectivity index (χ2n) is 6.73. The molecule has 0 spiro atoms. The van der Waals surface area contributed by atoms with Crippen LogP contribution in [-0.2, 0) is 9.47 Å². The molecule has 2 aliphatic heterocycles. The van der Waals surface area contributed by atoms with Crippen LogP contribution in [0.1, 0.15) is 41.4 Å². The average Bonchev–Trinajstić information content (AvgIpc) is 3.14. The summed E-state index contributed by atoms with van der Waals surface area (Å²) in [7, 11) is 2.79. The molecule has 10 nitrogen and oxygen atoms in total. The number of amides is 4. The van der Waals surface area contributed by atoms with Crippen LogP contribution < -0.4 is 9.47 Å². The number of fused-ring (bicyclic) bond motifs is 2. The fraction of sp³-hybridized carbons (Fsp3) is 0.238. The van der Waals surface area contributed by atoms with Gasteiger partial charge in [-0.2, -0.15) is 0 Å². The molecule has 160 valence electrons. The number of carbonyl (C=O) groups excluding carboxylic acids is 4. The van der Waals surface area contributed by atoms with E-state index >= 15 is 0 Å². The molecule has 0 saturated carbocycles. The number of benzene rings is 2. The largest absolute Gasteiger partial charge is 0.457 e. The molecule has 4 amide bonds. The number of carbonyl (C=O) groups is 4. The molecule has 2 aromatic carbocycles. The number of rotatable bonds is 8. The number of ether oxygens (including phenoxy) is 4. The van der Waals surface area contributed by atoms with E-state index in [1.54, 1.807) is 12.1 Å². The van der Waals surface area contributed by atoms with Crippen LogP contribution in [0.2, 0.25) is 0 Å². The highest BCUT2D eigenvalue weighted by molar-refractivity contribution is 6.22. The summed E-state index contributed by atoms with van der Waals surface area (Å²) in [4.78, 5) is 51.1. The maximum Gasteiger partial charge on any atom is 0.263 e. The van der Waals surface area contributed by atoms with Gasteiger partial charge in [0.2, 0.25) is 6.79 Å². The van der Waals surface area contributed by atoms with Gasteiger partial charge < -0.3 is 18.9 Å². The minimum atomic E-state index is -0.462. The van der Waals surface area contributed by atoms with Gasteiger partial charge in [-0.3, -0.25) is 29.0 Å². The Kier molecular flexibility index (Phi) is 5.40. The molecule has 0 aliphatic carbocycles. The zero-order chi connectivity index (χ0) is 22.1. The molecule has 0 fully saturated rings. The molecule has 0 bridgehead atoms. The molecule has 2 heterocycles. The van der Waals surface area contributed by atoms with Gasteiger partial charge in [0.25, 0.3) is 23.6 Å². The Bertz CT molecular complexity index is 1010. The fourth-order valence-corrected chi connectivity index (χ4v) is 3.38. The highest BCUT2D eigenvalue weighted by Gasteiger charge is 2.36. The Morgan fingerprint density at radius 1 is 0.613 bits per heavy atom. The number of nitrogens with zero attached hydrogens (tertiary/aromatic N) is 2. The van der Waals surface area contributed by atoms with E-state index in [2.05, 4.69) is 0 Å². The van der Waals surface area contributed by atoms with E-state index in [1.807, 2.05) is 0 Å². The maximum atomic E-state index is 12.3. The normalized spacial score (nSPS) is 14.9. The molecule has 0 unspecified atom stereocenters. The van der Waals surface area contributed by atoms with Gasteiger partial charge in [-0.25, -0.2) is 0 Å². The van der Waals surface area contributed by atoms with E-state index in [1.165, 1.54) is 38.5 Å². The van der Waals surface area contributed by atoms with Crippen molar-refractivity contribution in [2.24, 2.45) is 0 Å². The van der Waals surface area contributed by atoms with Crippen molar-refractivity contribution in [3.05, 3.63) is 58.7 Å². The first-order valence-corrected chi connectivity index (χ1v) is 9.20. The Labute approximate surface area is 176 Å². The third-order valence-electron chi connectivity index (χ3n) is 4.85. The number of methoxy groups -OCH3 is 2. The Balaban J connectivity index is 1.42. The van der Waals surface area contributed by atoms with Crippen LogP contribution in [0.25, 0.3) is 0 Å². The van der Waals surface area contributed by atoms with Gasteiger partial charge in [0.1, 0.15) is 25.0 Å². The minimum Gasteiger partial charge on any atom is -0.457 e. The predicted molar refractivity (Wildman–Crippen MR) is 104 cm³/mol. The summed E-state index contributed by atoms with van der Waals surface area (Å²) in [5, 5.41) is 0. The van der Waals surface area contributed by atoms with Gasteiger partial charge in [-0.05, 0) is 36.4 Å². The molecule has 10 heteroatoms. The lowest BCUT2D eigenvalue weighted by atomic mass is 10.1. The quantitative estimate of drug-likeness (QED) is 0.461. The topological polar surface area (TPSA) is 112 Å². The molecule has 31 heavy (non-hydrogen) atoms. The van der Waals surface area contributed by atoms with Crippen molar-refractivity contribution >= 4 is 23.6 Å². The van der Waals surface area contributed by atoms with E-state index in [4.69, 9.17) is 18.9 Å². The first-order chi connectivity index (χ1) is 15.0. The van der Waals surface area contributed by atoms with Crippen LogP contribution in [0.5, 0.6) is 11.5 Å². The van der Waals surface area contributed by atoms with Gasteiger partial charge in [0.05, 0.1) is 22.3 Å². The number of hydrogen-bond donors (Lipinski definition) is 0. The zero-order valence-corrected chi connectivity index (χ0v) is 16.7. The van der Waals surface area contributed by atoms with E-state index in [0.717, 1.165) is 9.80 Å². The maximum absolute atomic E-state index is 12.3. The summed E-state index contributed by atoms with van der Waals surface area (Å²) < 4.78 is 20.8. The van der Waals surface area contributed by atoms with Crippen molar-refractivity contribution in [3.63, 3.8) is 0 Å². The summed E-state index contributed by atoms with van der Waals surface area (Å²) >= 11 is 0. The van der Waals surface area contributed by atoms with Gasteiger partial charge in [0, 0.05) is 14.2 Å². The van der Waals surface area contributed by atoms with Crippen molar-refractivity contribution < 1.29 is 38.1 Å². The van der Waals surface area contributed by atoms with Crippen LogP contribution in [0.15, 0.2) is 36.4 Å². The predicted octanol–water partition coefficient (Wildman–Crippen LogP) is 1.50. The Morgan fingerprint density at radius 2 is 1.00 bits per heavy atom. The molecule has 2 aliphatic rings. The number of hydrogen-bond acceptors (Lipinski definition) is 8. The Morgan fingerprint density at radius 3 is 1.39 bits per heavy atom. The molecular weight excluding hydrogens is 408 g/mol. The minimum absolute atomic E-state index is 0.132. The second-order valence-corrected chi connectivity index (χ2v) is 6.73. The molecule has 0 N–H and O–H groups in total. The molecule has 2 aromatic rings. The van der Waals surface area contributed by atoms with E-state index in [-0.39, 0.29) is 42.5 Å². The summed E-state index contributed by atoms with van der Waals surface area (Å²) in [6, 6.07) is 9.04. The van der Waals surface area contributed by atoms with Crippen LogP contribution >= 0.6 is 0 Å². The van der Waals surface area contributed by atoms with Crippen LogP contribution in [0, 0.1) is 0 Å². The summed E-state index contributed by atoms with van der Waals surface area (Å²) in [5.41, 5.74) is 0.995. The van der Waals surface area contributed by atoms with E-state index < -0.39 is 23.6 Å². The summed E-state index contributed by atoms with van der Waals surface area (Å²) in [6.45, 7) is -0.481. The van der Waals surface area contributed by atoms with Crippen molar-refractivity contribution in [2.45, 2.75) is 0 Å². The van der Waals surface area contributed by atoms with Gasteiger partial charge in [-0.15, -0.1) is 0 Å². The van der Waals surface area contributed by atoms with E-state index in [9.17, 15) is 19.2 Å². The average molecular weight is 426 g/mol. The molecule has 0 saturated heterocycles. The third-order valence-corrected chi connectivity index (χ3v) is 4.85. The summed E-state index contributed by atoms with van der Waals surface area (Å²) in [6.07, 6.45) is 0. The first-order valence-electron chi connectivity index (χ1n) is 9.20. The first kappa shape index (κ1) is 20.5. The molecule has 0 aromatic heterocycles. The lowest BCUT2D eigenvalue weighted by Crippen LogP contribution is -2.31. The zero-order valence-electron chi connectivity index (χ0n) is 16.7. The smallest absolute Gasteiger partial charge is 0.263 e. The highest BCUT2D eigenvalue weighted by Crippen LogP contribution is 2.28. The van der Waals surface area contributed by atoms with Crippen LogP contribution in [0.4, 0.5) is 0 Å². The van der Waals surface area contributed by atoms with Gasteiger partial charge in [-0.1, -0.05) is 0 Å². The molecule has 0 radical (unpaired) electrons. The van der Waals surface area contributed by atoms with Gasteiger partial charge >= 0.3 is 0 Å². The lowest BCUT2D eigenvalue weighted by Gasteiger charge is -2.11. The highest BCUT2D eigenvalue weighted by atomic mass is 16.7. The molecular formula is C21H18N2O8. The van der Waals surface area contributed by atoms with Gasteiger partial charge in [0.15, 0.2) is 0 Å². The Hall–Kier alpha value is -3.76. The van der Waals surface area contributed by atoms with Crippen molar-refractivity contribution in [1.82, 2.24) is 9.80 Å². The monoisotopic (exact) mass is 426 g/mol. The molecule has 4 rings (SSSR count). The second kappa shape index (κ2) is 8.17. The lowest BCUT2D eigenvalue weighted by molar-refractivity contribution is 0.0375. The van der Waals surface area contributed by atoms with Crippen LogP contribution in [-0.4, -0.2) is 67.9 Å². The molecule has 0 atom stereocenters. The third kappa shape index (κ3) is 3.51. The van der Waals surface area contributed by atoms with Crippen LogP contribution in [0.3, 0.4) is 0 Å². The SMILES string of the molecule is COCN1C(=O)c2ccc(OCOc3ccc4c(c3)C(=O)N(COC)C4=O)cc2C1=O. The standard InChI is InChI=1S/C21H18N2O8/c1-28-9-22-18(24)14-5-3-12(7-16(14)20(22)26)30-11-31-13-4-6-15-17(8-13)21(27)23(10-29-2)19(15)25/h3-8H,9-11H2,1-2H3. The van der Waals surface area contributed by atoms with Crippen molar-refractivity contribution in [1.29, 1.82) is 0 Å². The fourth-order valence-electron chi connectivity index (χ4n) is 3.38. The van der Waals surface area contributed by atoms with Crippen molar-refractivity contribution in [3.8, 4) is 11.5 Å².